The Labute approximate surface area is 198 Å². The minimum Gasteiger partial charge on any atom is -0.489 e. The number of ether oxygens (including phenoxy) is 2. The molecule has 0 aliphatic heterocycles. The van der Waals surface area contributed by atoms with Crippen molar-refractivity contribution in [3.05, 3.63) is 58.1 Å². The molecule has 2 aromatic carbocycles. The van der Waals surface area contributed by atoms with Gasteiger partial charge in [-0.2, -0.15) is 0 Å². The SMILES string of the molecule is C#Cc1cc(OCC(=O)NC2CCC(NC(O)COc3ccc(Cl)cc3)CC2)ccc1Cl. The largest absolute Gasteiger partial charge is 0.489 e. The smallest absolute Gasteiger partial charge is 0.258 e. The van der Waals surface area contributed by atoms with Crippen molar-refractivity contribution in [3.8, 4) is 23.8 Å². The maximum absolute atomic E-state index is 12.2. The summed E-state index contributed by atoms with van der Waals surface area (Å²) in [6.07, 6.45) is 7.92. The van der Waals surface area contributed by atoms with Gasteiger partial charge in [0.25, 0.3) is 5.91 Å². The number of carbonyl (C=O) groups excluding carboxylic acids is 1. The first kappa shape index (κ1) is 24.2. The van der Waals surface area contributed by atoms with Crippen molar-refractivity contribution in [2.45, 2.75) is 44.0 Å². The number of benzene rings is 2. The van der Waals surface area contributed by atoms with Gasteiger partial charge in [-0.1, -0.05) is 29.1 Å². The van der Waals surface area contributed by atoms with E-state index in [0.29, 0.717) is 27.1 Å². The molecular weight excluding hydrogens is 451 g/mol. The summed E-state index contributed by atoms with van der Waals surface area (Å²) in [5.74, 6) is 3.44. The lowest BCUT2D eigenvalue weighted by Gasteiger charge is -2.31. The molecule has 1 atom stereocenters. The number of terminal acetylenes is 1. The van der Waals surface area contributed by atoms with Gasteiger partial charge in [0.2, 0.25) is 0 Å². The highest BCUT2D eigenvalue weighted by Gasteiger charge is 2.24. The topological polar surface area (TPSA) is 79.8 Å². The number of rotatable bonds is 9. The first-order valence-electron chi connectivity index (χ1n) is 10.4. The van der Waals surface area contributed by atoms with E-state index in [2.05, 4.69) is 16.6 Å². The van der Waals surface area contributed by atoms with Crippen LogP contribution in [0.2, 0.25) is 10.0 Å². The van der Waals surface area contributed by atoms with Crippen LogP contribution in [0.1, 0.15) is 31.2 Å². The number of hydrogen-bond donors (Lipinski definition) is 3. The summed E-state index contributed by atoms with van der Waals surface area (Å²) < 4.78 is 11.1. The molecule has 3 N–H and O–H groups in total. The summed E-state index contributed by atoms with van der Waals surface area (Å²) in [5.41, 5.74) is 0.524. The fourth-order valence-electron chi connectivity index (χ4n) is 3.55. The Morgan fingerprint density at radius 2 is 1.72 bits per heavy atom. The number of aliphatic hydroxyl groups excluding tert-OH is 1. The van der Waals surface area contributed by atoms with Crippen molar-refractivity contribution in [1.82, 2.24) is 10.6 Å². The van der Waals surface area contributed by atoms with E-state index in [-0.39, 0.29) is 31.2 Å². The van der Waals surface area contributed by atoms with E-state index in [1.807, 2.05) is 0 Å². The second-order valence-electron chi connectivity index (χ2n) is 7.64. The Morgan fingerprint density at radius 1 is 1.06 bits per heavy atom. The van der Waals surface area contributed by atoms with Crippen molar-refractivity contribution in [3.63, 3.8) is 0 Å². The normalized spacial score (nSPS) is 18.9. The van der Waals surface area contributed by atoms with Gasteiger partial charge in [-0.15, -0.1) is 6.42 Å². The number of carbonyl (C=O) groups is 1. The summed E-state index contributed by atoms with van der Waals surface area (Å²) in [7, 11) is 0. The van der Waals surface area contributed by atoms with E-state index >= 15 is 0 Å². The van der Waals surface area contributed by atoms with E-state index in [0.717, 1.165) is 25.7 Å². The van der Waals surface area contributed by atoms with Crippen LogP contribution >= 0.6 is 23.2 Å². The van der Waals surface area contributed by atoms with E-state index in [9.17, 15) is 9.90 Å². The molecule has 1 amide bonds. The number of halogens is 2. The van der Waals surface area contributed by atoms with Gasteiger partial charge in [0.15, 0.2) is 6.61 Å². The highest BCUT2D eigenvalue weighted by Crippen LogP contribution is 2.22. The van der Waals surface area contributed by atoms with Gasteiger partial charge in [0.1, 0.15) is 24.3 Å². The molecule has 0 radical (unpaired) electrons. The lowest BCUT2D eigenvalue weighted by atomic mass is 9.91. The minimum atomic E-state index is -0.775. The summed E-state index contributed by atoms with van der Waals surface area (Å²) in [5, 5.41) is 17.5. The van der Waals surface area contributed by atoms with Crippen molar-refractivity contribution in [1.29, 1.82) is 0 Å². The predicted octanol–water partition coefficient (Wildman–Crippen LogP) is 3.77. The van der Waals surface area contributed by atoms with Crippen molar-refractivity contribution < 1.29 is 19.4 Å². The summed E-state index contributed by atoms with van der Waals surface area (Å²) >= 11 is 11.8. The van der Waals surface area contributed by atoms with Crippen LogP contribution in [0.15, 0.2) is 42.5 Å². The highest BCUT2D eigenvalue weighted by atomic mass is 35.5. The highest BCUT2D eigenvalue weighted by molar-refractivity contribution is 6.31. The molecule has 0 bridgehead atoms. The van der Waals surface area contributed by atoms with Gasteiger partial charge < -0.3 is 19.9 Å². The van der Waals surface area contributed by atoms with E-state index in [4.69, 9.17) is 39.1 Å². The first-order valence-corrected chi connectivity index (χ1v) is 11.2. The molecule has 0 spiro atoms. The predicted molar refractivity (Wildman–Crippen MR) is 125 cm³/mol. The van der Waals surface area contributed by atoms with Gasteiger partial charge in [-0.25, -0.2) is 0 Å². The lowest BCUT2D eigenvalue weighted by Crippen LogP contribution is -2.47. The van der Waals surface area contributed by atoms with Crippen LogP contribution in [0.25, 0.3) is 0 Å². The average Bonchev–Trinajstić information content (AvgIpc) is 2.79. The van der Waals surface area contributed by atoms with E-state index < -0.39 is 6.23 Å². The second-order valence-corrected chi connectivity index (χ2v) is 8.48. The molecule has 3 rings (SSSR count). The van der Waals surface area contributed by atoms with Crippen LogP contribution in [0, 0.1) is 12.3 Å². The fraction of sp³-hybridized carbons (Fsp3) is 0.375. The zero-order valence-corrected chi connectivity index (χ0v) is 19.0. The molecule has 0 heterocycles. The maximum atomic E-state index is 12.2. The second kappa shape index (κ2) is 12.0. The molecule has 2 aromatic rings. The molecular formula is C24H26Cl2N2O4. The van der Waals surface area contributed by atoms with Crippen LogP contribution in [0.4, 0.5) is 0 Å². The first-order chi connectivity index (χ1) is 15.4. The van der Waals surface area contributed by atoms with Crippen molar-refractivity contribution in [2.75, 3.05) is 13.2 Å². The van der Waals surface area contributed by atoms with Gasteiger partial charge in [-0.3, -0.25) is 10.1 Å². The number of nitrogens with one attached hydrogen (secondary N) is 2. The lowest BCUT2D eigenvalue weighted by molar-refractivity contribution is -0.124. The number of hydrogen-bond acceptors (Lipinski definition) is 5. The molecule has 1 unspecified atom stereocenters. The van der Waals surface area contributed by atoms with E-state index in [1.54, 1.807) is 42.5 Å². The summed E-state index contributed by atoms with van der Waals surface area (Å²) in [6.45, 7) is 0.0479. The molecule has 1 fully saturated rings. The Hall–Kier alpha value is -2.43. The number of aliphatic hydroxyl groups is 1. The Kier molecular flexibility index (Phi) is 9.07. The third-order valence-electron chi connectivity index (χ3n) is 5.21. The van der Waals surface area contributed by atoms with Crippen LogP contribution < -0.4 is 20.1 Å². The van der Waals surface area contributed by atoms with Crippen LogP contribution in [0.5, 0.6) is 11.5 Å². The molecule has 1 saturated carbocycles. The molecule has 6 nitrogen and oxygen atoms in total. The standard InChI is InChI=1S/C24H26Cl2N2O4/c1-2-16-13-21(11-12-22(16)26)32-15-24(30)28-19-7-5-18(6-8-19)27-23(29)14-31-20-9-3-17(25)4-10-20/h1,3-4,9-13,18-19,23,27,29H,5-8,14-15H2,(H,28,30). The third kappa shape index (κ3) is 7.61. The van der Waals surface area contributed by atoms with E-state index in [1.165, 1.54) is 0 Å². The van der Waals surface area contributed by atoms with Gasteiger partial charge in [-0.05, 0) is 68.1 Å². The third-order valence-corrected chi connectivity index (χ3v) is 5.79. The molecule has 0 aromatic heterocycles. The number of amides is 1. The molecule has 0 saturated heterocycles. The zero-order valence-electron chi connectivity index (χ0n) is 17.5. The van der Waals surface area contributed by atoms with Crippen LogP contribution in [-0.2, 0) is 4.79 Å². The molecule has 170 valence electrons. The van der Waals surface area contributed by atoms with Gasteiger partial charge in [0.05, 0.1) is 5.02 Å². The molecule has 8 heteroatoms. The Balaban J connectivity index is 1.33. The quantitative estimate of drug-likeness (QED) is 0.379. The van der Waals surface area contributed by atoms with Crippen molar-refractivity contribution in [2.24, 2.45) is 0 Å². The molecule has 1 aliphatic rings. The molecule has 1 aliphatic carbocycles. The maximum Gasteiger partial charge on any atom is 0.258 e. The fourth-order valence-corrected chi connectivity index (χ4v) is 3.85. The monoisotopic (exact) mass is 476 g/mol. The molecule has 32 heavy (non-hydrogen) atoms. The Morgan fingerprint density at radius 3 is 2.41 bits per heavy atom. The van der Waals surface area contributed by atoms with Crippen molar-refractivity contribution >= 4 is 29.1 Å². The van der Waals surface area contributed by atoms with Crippen LogP contribution in [0.3, 0.4) is 0 Å². The zero-order chi connectivity index (χ0) is 22.9. The van der Waals surface area contributed by atoms with Crippen LogP contribution in [-0.4, -0.2) is 42.5 Å². The van der Waals surface area contributed by atoms with Gasteiger partial charge in [0, 0.05) is 22.7 Å². The Bertz CT molecular complexity index is 938. The summed E-state index contributed by atoms with van der Waals surface area (Å²) in [6, 6.07) is 12.2. The minimum absolute atomic E-state index is 0.0816. The van der Waals surface area contributed by atoms with Gasteiger partial charge >= 0.3 is 0 Å². The average molecular weight is 477 g/mol. The summed E-state index contributed by atoms with van der Waals surface area (Å²) in [4.78, 5) is 12.2.